The molecular formula is C6H11MgNO3. The van der Waals surface area contributed by atoms with Crippen LogP contribution in [-0.4, -0.2) is 40.0 Å². The first-order valence-electron chi connectivity index (χ1n) is 2.31. The van der Waals surface area contributed by atoms with Gasteiger partial charge in [0.1, 0.15) is 0 Å². The van der Waals surface area contributed by atoms with Crippen molar-refractivity contribution >= 4 is 34.9 Å². The summed E-state index contributed by atoms with van der Waals surface area (Å²) in [5.41, 5.74) is 4.53. The van der Waals surface area contributed by atoms with Crippen LogP contribution in [-0.2, 0) is 9.59 Å². The summed E-state index contributed by atoms with van der Waals surface area (Å²) in [7, 11) is 0. The van der Waals surface area contributed by atoms with Crippen LogP contribution in [0, 0.1) is 0 Å². The molecule has 60 valence electrons. The number of carbonyl (C=O) groups excluding carboxylic acids is 1. The predicted octanol–water partition coefficient (Wildman–Crippen LogP) is -0.241. The smallest absolute Gasteiger partial charge is 1.00 e. The summed E-state index contributed by atoms with van der Waals surface area (Å²) >= 11 is 0. The molecule has 0 heterocycles. The van der Waals surface area contributed by atoms with Gasteiger partial charge in [-0.1, -0.05) is 13.2 Å². The van der Waals surface area contributed by atoms with Crippen molar-refractivity contribution in [3.05, 3.63) is 25.3 Å². The normalized spacial score (nSPS) is 5.82. The van der Waals surface area contributed by atoms with E-state index in [1.165, 1.54) is 0 Å². The van der Waals surface area contributed by atoms with E-state index in [1.54, 1.807) is 0 Å². The Bertz CT molecular complexity index is 146. The molecule has 0 saturated carbocycles. The monoisotopic (exact) mass is 169 g/mol. The summed E-state index contributed by atoms with van der Waals surface area (Å²) in [6, 6.07) is 0. The van der Waals surface area contributed by atoms with Crippen LogP contribution in [0.4, 0.5) is 0 Å². The third-order valence-corrected chi connectivity index (χ3v) is 0.376. The molecule has 11 heavy (non-hydrogen) atoms. The summed E-state index contributed by atoms with van der Waals surface area (Å²) in [6.07, 6.45) is 1.89. The molecule has 0 atom stereocenters. The number of primary amides is 1. The number of carboxylic acids is 1. The Labute approximate surface area is 83.9 Å². The molecule has 0 aromatic carbocycles. The van der Waals surface area contributed by atoms with E-state index in [9.17, 15) is 9.59 Å². The van der Waals surface area contributed by atoms with Gasteiger partial charge in [-0.25, -0.2) is 4.79 Å². The van der Waals surface area contributed by atoms with Gasteiger partial charge in [0.05, 0.1) is 0 Å². The van der Waals surface area contributed by atoms with E-state index >= 15 is 0 Å². The third kappa shape index (κ3) is 46.7. The van der Waals surface area contributed by atoms with Gasteiger partial charge >= 0.3 is 29.0 Å². The molecule has 0 spiro atoms. The minimum Gasteiger partial charge on any atom is -1.00 e. The average molecular weight is 169 g/mol. The van der Waals surface area contributed by atoms with Crippen molar-refractivity contribution in [1.29, 1.82) is 0 Å². The van der Waals surface area contributed by atoms with E-state index in [-0.39, 0.29) is 25.9 Å². The summed E-state index contributed by atoms with van der Waals surface area (Å²) in [5, 5.41) is 7.60. The molecule has 1 amide bonds. The zero-order valence-corrected chi connectivity index (χ0v) is 7.53. The first-order valence-corrected chi connectivity index (χ1v) is 2.31. The van der Waals surface area contributed by atoms with Gasteiger partial charge in [0, 0.05) is 6.08 Å². The minimum atomic E-state index is -0.981. The number of hydrogen-bond acceptors (Lipinski definition) is 2. The molecule has 0 unspecified atom stereocenters. The molecule has 0 aliphatic rings. The molecule has 0 fully saturated rings. The predicted molar refractivity (Wildman–Crippen MR) is 45.2 cm³/mol. The number of carboxylic acid groups (broad SMARTS) is 1. The largest absolute Gasteiger partial charge is 2.00 e. The molecule has 3 N–H and O–H groups in total. The van der Waals surface area contributed by atoms with Crippen molar-refractivity contribution in [2.75, 3.05) is 0 Å². The minimum absolute atomic E-state index is 0. The van der Waals surface area contributed by atoms with Gasteiger partial charge in [0.2, 0.25) is 5.91 Å². The van der Waals surface area contributed by atoms with Crippen molar-refractivity contribution in [2.45, 2.75) is 0 Å². The topological polar surface area (TPSA) is 80.4 Å². The summed E-state index contributed by atoms with van der Waals surface area (Å²) < 4.78 is 0. The van der Waals surface area contributed by atoms with Crippen molar-refractivity contribution in [3.8, 4) is 0 Å². The van der Waals surface area contributed by atoms with E-state index in [0.717, 1.165) is 12.2 Å². The third-order valence-electron chi connectivity index (χ3n) is 0.376. The number of aliphatic carboxylic acids is 1. The van der Waals surface area contributed by atoms with Gasteiger partial charge in [-0.15, -0.1) is 0 Å². The number of rotatable bonds is 2. The molecular weight excluding hydrogens is 158 g/mol. The van der Waals surface area contributed by atoms with Crippen LogP contribution in [0.15, 0.2) is 25.3 Å². The van der Waals surface area contributed by atoms with Crippen LogP contribution in [0.3, 0.4) is 0 Å². The van der Waals surface area contributed by atoms with Crippen LogP contribution < -0.4 is 5.73 Å². The maximum absolute atomic E-state index is 9.47. The Morgan fingerprint density at radius 1 is 1.36 bits per heavy atom. The molecule has 0 aromatic rings. The van der Waals surface area contributed by atoms with Gasteiger partial charge in [-0.05, 0) is 6.08 Å². The fourth-order valence-electron chi connectivity index (χ4n) is 0. The van der Waals surface area contributed by atoms with Gasteiger partial charge in [-0.3, -0.25) is 4.79 Å². The van der Waals surface area contributed by atoms with E-state index < -0.39 is 11.9 Å². The van der Waals surface area contributed by atoms with Crippen molar-refractivity contribution in [2.24, 2.45) is 5.73 Å². The van der Waals surface area contributed by atoms with Crippen LogP contribution in [0.2, 0.25) is 0 Å². The maximum atomic E-state index is 9.47. The van der Waals surface area contributed by atoms with E-state index in [0.29, 0.717) is 0 Å². The maximum Gasteiger partial charge on any atom is 2.00 e. The Balaban J connectivity index is -0.0000000267. The SMILES string of the molecule is C=CC(=O)O.C=CC(N)=O.[H-].[H-].[Mg+2]. The molecule has 0 aromatic heterocycles. The van der Waals surface area contributed by atoms with E-state index in [4.69, 9.17) is 5.11 Å². The van der Waals surface area contributed by atoms with Crippen molar-refractivity contribution in [3.63, 3.8) is 0 Å². The van der Waals surface area contributed by atoms with Gasteiger partial charge in [-0.2, -0.15) is 0 Å². The zero-order valence-electron chi connectivity index (χ0n) is 8.12. The molecule has 0 rings (SSSR count). The van der Waals surface area contributed by atoms with Crippen molar-refractivity contribution < 1.29 is 17.5 Å². The summed E-state index contributed by atoms with van der Waals surface area (Å²) in [6.45, 7) is 6.05. The van der Waals surface area contributed by atoms with Gasteiger partial charge in [0.25, 0.3) is 0 Å². The second-order valence-electron chi connectivity index (χ2n) is 1.15. The van der Waals surface area contributed by atoms with Crippen LogP contribution in [0.5, 0.6) is 0 Å². The van der Waals surface area contributed by atoms with Crippen molar-refractivity contribution in [1.82, 2.24) is 0 Å². The quantitative estimate of drug-likeness (QED) is 0.442. The van der Waals surface area contributed by atoms with Crippen LogP contribution in [0.1, 0.15) is 2.85 Å². The number of hydrogen-bond donors (Lipinski definition) is 2. The Kier molecular flexibility index (Phi) is 18.0. The molecule has 0 radical (unpaired) electrons. The molecule has 0 bridgehead atoms. The molecule has 0 aliphatic carbocycles. The molecule has 5 heteroatoms. The average Bonchev–Trinajstić information content (AvgIpc) is 1.89. The number of nitrogens with two attached hydrogens (primary N) is 1. The molecule has 4 nitrogen and oxygen atoms in total. The Morgan fingerprint density at radius 3 is 1.55 bits per heavy atom. The van der Waals surface area contributed by atoms with E-state index in [1.807, 2.05) is 0 Å². The zero-order chi connectivity index (χ0) is 8.57. The first kappa shape index (κ1) is 16.6. The van der Waals surface area contributed by atoms with Crippen LogP contribution in [0.25, 0.3) is 0 Å². The fraction of sp³-hybridized carbons (Fsp3) is 0. The Hall–Kier alpha value is -0.814. The summed E-state index contributed by atoms with van der Waals surface area (Å²) in [4.78, 5) is 18.7. The standard InChI is InChI=1S/C3H5NO.C3H4O2.Mg.2H/c2*1-2-3(4)5;;;/h2H,1H2,(H2,4,5);2H,1H2,(H,4,5);;;/q;;+2;2*-1. The number of carbonyl (C=O) groups is 2. The fourth-order valence-corrected chi connectivity index (χ4v) is 0. The Morgan fingerprint density at radius 2 is 1.55 bits per heavy atom. The second kappa shape index (κ2) is 11.9. The van der Waals surface area contributed by atoms with E-state index in [2.05, 4.69) is 18.9 Å². The van der Waals surface area contributed by atoms with Gasteiger partial charge in [0.15, 0.2) is 0 Å². The molecule has 0 aliphatic heterocycles. The second-order valence-corrected chi connectivity index (χ2v) is 1.15. The van der Waals surface area contributed by atoms with Gasteiger partial charge < -0.3 is 13.7 Å². The molecule has 0 saturated heterocycles. The van der Waals surface area contributed by atoms with Crippen LogP contribution >= 0.6 is 0 Å². The first-order chi connectivity index (χ1) is 4.54. The number of amides is 1. The summed E-state index contributed by atoms with van der Waals surface area (Å²) in [5.74, 6) is -1.46.